The van der Waals surface area contributed by atoms with Crippen LogP contribution in [-0.2, 0) is 4.74 Å². The zero-order chi connectivity index (χ0) is 11.0. The van der Waals surface area contributed by atoms with Gasteiger partial charge in [-0.3, -0.25) is 5.32 Å². The average molecular weight is 199 g/mol. The first-order valence-electron chi connectivity index (χ1n) is 5.51. The van der Waals surface area contributed by atoms with Crippen LogP contribution in [0.4, 0.5) is 0 Å². The summed E-state index contributed by atoms with van der Waals surface area (Å²) in [6, 6.07) is 0. The molecule has 1 heterocycles. The van der Waals surface area contributed by atoms with Gasteiger partial charge in [-0.1, -0.05) is 34.6 Å². The normalized spacial score (nSPS) is 33.0. The first-order chi connectivity index (χ1) is 6.12. The number of hydrogen-bond donors (Lipinski definition) is 1. The van der Waals surface area contributed by atoms with Crippen molar-refractivity contribution in [3.8, 4) is 0 Å². The van der Waals surface area contributed by atoms with Crippen LogP contribution in [0.2, 0.25) is 0 Å². The molecule has 1 atom stereocenters. The highest BCUT2D eigenvalue weighted by molar-refractivity contribution is 4.87. The summed E-state index contributed by atoms with van der Waals surface area (Å²) in [4.78, 5) is 0. The van der Waals surface area contributed by atoms with Gasteiger partial charge in [-0.2, -0.15) is 0 Å². The first-order valence-corrected chi connectivity index (χ1v) is 5.51. The third-order valence-electron chi connectivity index (χ3n) is 2.59. The van der Waals surface area contributed by atoms with Gasteiger partial charge in [0.05, 0.1) is 6.61 Å². The van der Waals surface area contributed by atoms with Crippen molar-refractivity contribution in [2.24, 2.45) is 10.8 Å². The predicted molar refractivity (Wildman–Crippen MR) is 60.2 cm³/mol. The molecule has 1 unspecified atom stereocenters. The van der Waals surface area contributed by atoms with E-state index in [1.807, 2.05) is 0 Å². The molecule has 0 saturated carbocycles. The maximum atomic E-state index is 5.95. The molecule has 14 heavy (non-hydrogen) atoms. The summed E-state index contributed by atoms with van der Waals surface area (Å²) < 4.78 is 5.95. The number of hydrogen-bond acceptors (Lipinski definition) is 2. The lowest BCUT2D eigenvalue weighted by atomic mass is 9.84. The zero-order valence-electron chi connectivity index (χ0n) is 10.5. The Morgan fingerprint density at radius 3 is 2.14 bits per heavy atom. The lowest BCUT2D eigenvalue weighted by Gasteiger charge is -2.45. The fraction of sp³-hybridized carbons (Fsp3) is 1.00. The monoisotopic (exact) mass is 199 g/mol. The number of ether oxygens (including phenoxy) is 1. The van der Waals surface area contributed by atoms with Crippen LogP contribution in [0.3, 0.4) is 0 Å². The molecule has 0 amide bonds. The van der Waals surface area contributed by atoms with Crippen molar-refractivity contribution < 1.29 is 4.74 Å². The van der Waals surface area contributed by atoms with Crippen LogP contribution >= 0.6 is 0 Å². The van der Waals surface area contributed by atoms with E-state index in [4.69, 9.17) is 4.74 Å². The largest absolute Gasteiger partial charge is 0.360 e. The smallest absolute Gasteiger partial charge is 0.116 e. The SMILES string of the molecule is CC(C)(C)CC1(C)NCC(C)(C)CO1. The standard InChI is InChI=1S/C12H25NO/c1-10(2,3)7-12(6)13-8-11(4,5)9-14-12/h13H,7-9H2,1-6H3. The van der Waals surface area contributed by atoms with Crippen LogP contribution < -0.4 is 5.32 Å². The van der Waals surface area contributed by atoms with Crippen LogP contribution in [0.5, 0.6) is 0 Å². The van der Waals surface area contributed by atoms with Gasteiger partial charge in [-0.15, -0.1) is 0 Å². The maximum absolute atomic E-state index is 5.95. The van der Waals surface area contributed by atoms with E-state index in [0.29, 0.717) is 5.41 Å². The Morgan fingerprint density at radius 1 is 1.21 bits per heavy atom. The Bertz CT molecular complexity index is 193. The minimum atomic E-state index is -0.131. The van der Waals surface area contributed by atoms with Crippen molar-refractivity contribution in [2.75, 3.05) is 13.2 Å². The summed E-state index contributed by atoms with van der Waals surface area (Å²) in [7, 11) is 0. The van der Waals surface area contributed by atoms with Gasteiger partial charge in [-0.25, -0.2) is 0 Å². The van der Waals surface area contributed by atoms with Crippen molar-refractivity contribution in [3.05, 3.63) is 0 Å². The van der Waals surface area contributed by atoms with Crippen molar-refractivity contribution >= 4 is 0 Å². The second-order valence-electron chi connectivity index (χ2n) is 6.77. The van der Waals surface area contributed by atoms with E-state index >= 15 is 0 Å². The van der Waals surface area contributed by atoms with Gasteiger partial charge < -0.3 is 4.74 Å². The average Bonchev–Trinajstić information content (AvgIpc) is 1.93. The van der Waals surface area contributed by atoms with Gasteiger partial charge in [-0.05, 0) is 18.8 Å². The van der Waals surface area contributed by atoms with Crippen molar-refractivity contribution in [1.29, 1.82) is 0 Å². The molecule has 0 bridgehead atoms. The number of rotatable bonds is 1. The fourth-order valence-corrected chi connectivity index (χ4v) is 2.01. The van der Waals surface area contributed by atoms with Crippen LogP contribution in [0.1, 0.15) is 48.0 Å². The summed E-state index contributed by atoms with van der Waals surface area (Å²) in [5.74, 6) is 0. The van der Waals surface area contributed by atoms with E-state index in [2.05, 4.69) is 46.9 Å². The molecule has 0 radical (unpaired) electrons. The lowest BCUT2D eigenvalue weighted by Crippen LogP contribution is -2.57. The topological polar surface area (TPSA) is 21.3 Å². The summed E-state index contributed by atoms with van der Waals surface area (Å²) in [5.41, 5.74) is 0.453. The lowest BCUT2D eigenvalue weighted by molar-refractivity contribution is -0.142. The Hall–Kier alpha value is -0.0800. The molecule has 1 saturated heterocycles. The molecule has 2 nitrogen and oxygen atoms in total. The Morgan fingerprint density at radius 2 is 1.79 bits per heavy atom. The molecular formula is C12H25NO. The predicted octanol–water partition coefficient (Wildman–Crippen LogP) is 2.78. The van der Waals surface area contributed by atoms with Crippen LogP contribution in [0.15, 0.2) is 0 Å². The van der Waals surface area contributed by atoms with Crippen LogP contribution in [0, 0.1) is 10.8 Å². The molecular weight excluding hydrogens is 174 g/mol. The van der Waals surface area contributed by atoms with Crippen molar-refractivity contribution in [1.82, 2.24) is 5.32 Å². The van der Waals surface area contributed by atoms with Crippen molar-refractivity contribution in [3.63, 3.8) is 0 Å². The molecule has 0 aromatic rings. The van der Waals surface area contributed by atoms with Gasteiger partial charge in [0, 0.05) is 12.0 Å². The Labute approximate surface area is 88.4 Å². The second kappa shape index (κ2) is 3.49. The molecule has 0 spiro atoms. The van der Waals surface area contributed by atoms with E-state index in [1.165, 1.54) is 0 Å². The summed E-state index contributed by atoms with van der Waals surface area (Å²) in [6.07, 6.45) is 1.05. The fourth-order valence-electron chi connectivity index (χ4n) is 2.01. The minimum absolute atomic E-state index is 0.131. The molecule has 0 aromatic carbocycles. The van der Waals surface area contributed by atoms with E-state index < -0.39 is 0 Å². The Balaban J connectivity index is 2.54. The van der Waals surface area contributed by atoms with E-state index in [1.54, 1.807) is 0 Å². The molecule has 1 N–H and O–H groups in total. The second-order valence-corrected chi connectivity index (χ2v) is 6.77. The Kier molecular flexibility index (Phi) is 2.99. The maximum Gasteiger partial charge on any atom is 0.116 e. The molecule has 84 valence electrons. The summed E-state index contributed by atoms with van der Waals surface area (Å²) in [6.45, 7) is 15.3. The van der Waals surface area contributed by atoms with Crippen molar-refractivity contribution in [2.45, 2.75) is 53.7 Å². The zero-order valence-corrected chi connectivity index (χ0v) is 10.5. The highest BCUT2D eigenvalue weighted by Gasteiger charge is 2.37. The highest BCUT2D eigenvalue weighted by Crippen LogP contribution is 2.32. The molecule has 2 heteroatoms. The summed E-state index contributed by atoms with van der Waals surface area (Å²) in [5, 5.41) is 3.52. The minimum Gasteiger partial charge on any atom is -0.360 e. The molecule has 1 fully saturated rings. The molecule has 1 aliphatic heterocycles. The van der Waals surface area contributed by atoms with Gasteiger partial charge in [0.1, 0.15) is 5.72 Å². The third-order valence-corrected chi connectivity index (χ3v) is 2.59. The first kappa shape index (κ1) is 12.0. The van der Waals surface area contributed by atoms with Gasteiger partial charge in [0.2, 0.25) is 0 Å². The van der Waals surface area contributed by atoms with E-state index in [-0.39, 0.29) is 11.1 Å². The third kappa shape index (κ3) is 3.58. The van der Waals surface area contributed by atoms with Gasteiger partial charge >= 0.3 is 0 Å². The molecule has 1 rings (SSSR count). The quantitative estimate of drug-likeness (QED) is 0.701. The summed E-state index contributed by atoms with van der Waals surface area (Å²) >= 11 is 0. The van der Waals surface area contributed by atoms with E-state index in [9.17, 15) is 0 Å². The molecule has 1 aliphatic rings. The van der Waals surface area contributed by atoms with Crippen LogP contribution in [-0.4, -0.2) is 18.9 Å². The molecule has 0 aromatic heterocycles. The highest BCUT2D eigenvalue weighted by atomic mass is 16.5. The number of nitrogens with one attached hydrogen (secondary N) is 1. The van der Waals surface area contributed by atoms with Crippen LogP contribution in [0.25, 0.3) is 0 Å². The molecule has 0 aliphatic carbocycles. The van der Waals surface area contributed by atoms with E-state index in [0.717, 1.165) is 19.6 Å². The van der Waals surface area contributed by atoms with Gasteiger partial charge in [0.25, 0.3) is 0 Å². The van der Waals surface area contributed by atoms with Gasteiger partial charge in [0.15, 0.2) is 0 Å².